The van der Waals surface area contributed by atoms with E-state index in [1.165, 1.54) is 0 Å². The molecule has 0 amide bonds. The van der Waals surface area contributed by atoms with Gasteiger partial charge in [0.2, 0.25) is 0 Å². The van der Waals surface area contributed by atoms with E-state index in [0.717, 1.165) is 10.8 Å². The summed E-state index contributed by atoms with van der Waals surface area (Å²) in [4.78, 5) is 4.08. The Hall–Kier alpha value is -1.09. The van der Waals surface area contributed by atoms with Gasteiger partial charge in [0, 0.05) is 11.6 Å². The maximum Gasteiger partial charge on any atom is 0.162 e. The van der Waals surface area contributed by atoms with Crippen molar-refractivity contribution in [2.24, 2.45) is 0 Å². The van der Waals surface area contributed by atoms with Gasteiger partial charge in [0.1, 0.15) is 0 Å². The number of thiazole rings is 1. The lowest BCUT2D eigenvalue weighted by molar-refractivity contribution is 0.582. The van der Waals surface area contributed by atoms with Crippen LogP contribution in [0, 0.1) is 0 Å². The maximum atomic E-state index is 5.13. The topological polar surface area (TPSA) is 26.0 Å². The second-order valence-corrected chi connectivity index (χ2v) is 2.71. The van der Waals surface area contributed by atoms with E-state index in [1.807, 2.05) is 17.5 Å². The number of aromatic nitrogens is 1. The number of furan rings is 1. The van der Waals surface area contributed by atoms with Crippen molar-refractivity contribution in [2.45, 2.75) is 0 Å². The Labute approximate surface area is 62.1 Å². The first-order valence-electron chi connectivity index (χ1n) is 2.90. The fraction of sp³-hybridized carbons (Fsp3) is 0. The van der Waals surface area contributed by atoms with Crippen molar-refractivity contribution in [1.29, 1.82) is 0 Å². The predicted molar refractivity (Wildman–Crippen MR) is 39.8 cm³/mol. The second kappa shape index (κ2) is 2.27. The lowest BCUT2D eigenvalue weighted by atomic mass is 10.5. The molecular formula is C7H5NOS. The molecule has 0 N–H and O–H groups in total. The first-order valence-corrected chi connectivity index (χ1v) is 3.78. The van der Waals surface area contributed by atoms with Gasteiger partial charge in [-0.2, -0.15) is 0 Å². The van der Waals surface area contributed by atoms with E-state index in [0.29, 0.717) is 0 Å². The number of nitrogens with zero attached hydrogens (tertiary/aromatic N) is 1. The fourth-order valence-corrected chi connectivity index (χ4v) is 1.35. The van der Waals surface area contributed by atoms with Crippen molar-refractivity contribution < 1.29 is 4.42 Å². The van der Waals surface area contributed by atoms with Crippen LogP contribution in [0.5, 0.6) is 0 Å². The Morgan fingerprint density at radius 1 is 1.50 bits per heavy atom. The molecule has 0 fully saturated rings. The molecule has 2 nitrogen and oxygen atoms in total. The van der Waals surface area contributed by atoms with Crippen LogP contribution in [0.25, 0.3) is 10.8 Å². The van der Waals surface area contributed by atoms with E-state index < -0.39 is 0 Å². The molecule has 0 aliphatic carbocycles. The van der Waals surface area contributed by atoms with E-state index >= 15 is 0 Å². The number of hydrogen-bond acceptors (Lipinski definition) is 3. The zero-order valence-corrected chi connectivity index (χ0v) is 5.97. The minimum Gasteiger partial charge on any atom is -0.462 e. The largest absolute Gasteiger partial charge is 0.462 e. The SMILES string of the molecule is c1coc(-c2nccs2)c1. The van der Waals surface area contributed by atoms with Gasteiger partial charge < -0.3 is 4.42 Å². The third kappa shape index (κ3) is 0.844. The monoisotopic (exact) mass is 151 g/mol. The average Bonchev–Trinajstić information content (AvgIpc) is 2.59. The van der Waals surface area contributed by atoms with Gasteiger partial charge in [-0.05, 0) is 12.1 Å². The van der Waals surface area contributed by atoms with E-state index in [2.05, 4.69) is 4.98 Å². The molecule has 0 radical (unpaired) electrons. The Balaban J connectivity index is 2.48. The van der Waals surface area contributed by atoms with Crippen molar-refractivity contribution in [3.05, 3.63) is 30.0 Å². The summed E-state index contributed by atoms with van der Waals surface area (Å²) in [5, 5.41) is 2.86. The lowest BCUT2D eigenvalue weighted by Crippen LogP contribution is -1.65. The zero-order valence-electron chi connectivity index (χ0n) is 5.15. The van der Waals surface area contributed by atoms with Crippen LogP contribution in [-0.2, 0) is 0 Å². The van der Waals surface area contributed by atoms with Crippen molar-refractivity contribution in [3.63, 3.8) is 0 Å². The summed E-state index contributed by atoms with van der Waals surface area (Å²) >= 11 is 1.58. The van der Waals surface area contributed by atoms with Crippen molar-refractivity contribution in [1.82, 2.24) is 4.98 Å². The fourth-order valence-electron chi connectivity index (χ4n) is 0.745. The molecule has 0 aliphatic heterocycles. The summed E-state index contributed by atoms with van der Waals surface area (Å²) in [5.41, 5.74) is 0. The summed E-state index contributed by atoms with van der Waals surface area (Å²) in [7, 11) is 0. The summed E-state index contributed by atoms with van der Waals surface area (Å²) in [6, 6.07) is 3.76. The third-order valence-electron chi connectivity index (χ3n) is 1.16. The molecule has 0 aromatic carbocycles. The summed E-state index contributed by atoms with van der Waals surface area (Å²) in [5.74, 6) is 0.843. The molecule has 0 aliphatic rings. The highest BCUT2D eigenvalue weighted by Crippen LogP contribution is 2.20. The molecule has 0 atom stereocenters. The highest BCUT2D eigenvalue weighted by atomic mass is 32.1. The predicted octanol–water partition coefficient (Wildman–Crippen LogP) is 2.40. The highest BCUT2D eigenvalue weighted by molar-refractivity contribution is 7.13. The maximum absolute atomic E-state index is 5.13. The highest BCUT2D eigenvalue weighted by Gasteiger charge is 2.00. The van der Waals surface area contributed by atoms with Gasteiger partial charge in [-0.1, -0.05) is 0 Å². The molecule has 2 aromatic heterocycles. The molecule has 10 heavy (non-hydrogen) atoms. The molecule has 2 rings (SSSR count). The molecule has 2 heterocycles. The molecule has 0 saturated carbocycles. The molecule has 2 aromatic rings. The van der Waals surface area contributed by atoms with Crippen LogP contribution in [0.4, 0.5) is 0 Å². The molecular weight excluding hydrogens is 146 g/mol. The first-order chi connectivity index (χ1) is 4.97. The first kappa shape index (κ1) is 5.68. The molecule has 50 valence electrons. The van der Waals surface area contributed by atoms with Crippen LogP contribution in [0.2, 0.25) is 0 Å². The van der Waals surface area contributed by atoms with Gasteiger partial charge in [-0.3, -0.25) is 0 Å². The molecule has 0 unspecified atom stereocenters. The van der Waals surface area contributed by atoms with Crippen LogP contribution in [0.1, 0.15) is 0 Å². The zero-order chi connectivity index (χ0) is 6.81. The van der Waals surface area contributed by atoms with E-state index in [9.17, 15) is 0 Å². The molecule has 0 spiro atoms. The van der Waals surface area contributed by atoms with Crippen molar-refractivity contribution in [2.75, 3.05) is 0 Å². The number of hydrogen-bond donors (Lipinski definition) is 0. The molecule has 0 bridgehead atoms. The quantitative estimate of drug-likeness (QED) is 0.625. The van der Waals surface area contributed by atoms with E-state index in [4.69, 9.17) is 4.42 Å². The normalized spacial score (nSPS) is 10.0. The van der Waals surface area contributed by atoms with Crippen molar-refractivity contribution in [3.8, 4) is 10.8 Å². The van der Waals surface area contributed by atoms with Crippen LogP contribution in [0.3, 0.4) is 0 Å². The summed E-state index contributed by atoms with van der Waals surface area (Å²) in [6.07, 6.45) is 3.42. The average molecular weight is 151 g/mol. The van der Waals surface area contributed by atoms with Crippen LogP contribution in [-0.4, -0.2) is 4.98 Å². The molecule has 3 heteroatoms. The van der Waals surface area contributed by atoms with Gasteiger partial charge in [-0.25, -0.2) is 4.98 Å². The van der Waals surface area contributed by atoms with Gasteiger partial charge in [0.15, 0.2) is 10.8 Å². The third-order valence-corrected chi connectivity index (χ3v) is 1.95. The van der Waals surface area contributed by atoms with Crippen LogP contribution >= 0.6 is 11.3 Å². The van der Waals surface area contributed by atoms with Gasteiger partial charge in [0.25, 0.3) is 0 Å². The van der Waals surface area contributed by atoms with Crippen LogP contribution in [0.15, 0.2) is 34.4 Å². The summed E-state index contributed by atoms with van der Waals surface area (Å²) < 4.78 is 5.13. The lowest BCUT2D eigenvalue weighted by Gasteiger charge is -1.83. The van der Waals surface area contributed by atoms with Gasteiger partial charge >= 0.3 is 0 Å². The molecule has 0 saturated heterocycles. The smallest absolute Gasteiger partial charge is 0.162 e. The van der Waals surface area contributed by atoms with Crippen molar-refractivity contribution >= 4 is 11.3 Å². The number of rotatable bonds is 1. The Bertz CT molecular complexity index is 253. The Morgan fingerprint density at radius 3 is 3.10 bits per heavy atom. The Morgan fingerprint density at radius 2 is 2.50 bits per heavy atom. The van der Waals surface area contributed by atoms with E-state index in [-0.39, 0.29) is 0 Å². The standard InChI is InChI=1S/C7H5NOS/c1-2-6(9-4-1)7-8-3-5-10-7/h1-5H. The second-order valence-electron chi connectivity index (χ2n) is 1.81. The Kier molecular flexibility index (Phi) is 1.29. The minimum atomic E-state index is 0.843. The minimum absolute atomic E-state index is 0.843. The summed E-state index contributed by atoms with van der Waals surface area (Å²) in [6.45, 7) is 0. The van der Waals surface area contributed by atoms with E-state index in [1.54, 1.807) is 23.8 Å². The van der Waals surface area contributed by atoms with Crippen LogP contribution < -0.4 is 0 Å². The van der Waals surface area contributed by atoms with Gasteiger partial charge in [0.05, 0.1) is 6.26 Å². The van der Waals surface area contributed by atoms with Gasteiger partial charge in [-0.15, -0.1) is 11.3 Å².